The van der Waals surface area contributed by atoms with E-state index in [0.717, 1.165) is 25.2 Å². The number of morpholine rings is 1. The van der Waals surface area contributed by atoms with E-state index in [2.05, 4.69) is 10.8 Å². The fraction of sp³-hybridized carbons (Fsp3) is 0.400. The SMILES string of the molecule is O=C(C#Cc1ccc(CN2CCOCC2)cc1)C(F)(F)F. The molecule has 1 aromatic rings. The van der Waals surface area contributed by atoms with E-state index >= 15 is 0 Å². The normalized spacial score (nSPS) is 16.1. The second-order valence-corrected chi connectivity index (χ2v) is 4.66. The Bertz CT molecular complexity index is 549. The van der Waals surface area contributed by atoms with Gasteiger partial charge in [0.05, 0.1) is 13.2 Å². The second kappa shape index (κ2) is 6.74. The molecule has 1 heterocycles. The summed E-state index contributed by atoms with van der Waals surface area (Å²) in [6.45, 7) is 3.91. The van der Waals surface area contributed by atoms with Crippen LogP contribution in [-0.4, -0.2) is 43.2 Å². The van der Waals surface area contributed by atoms with Crippen LogP contribution >= 0.6 is 0 Å². The molecule has 1 fully saturated rings. The Morgan fingerprint density at radius 3 is 2.38 bits per heavy atom. The molecule has 21 heavy (non-hydrogen) atoms. The highest BCUT2D eigenvalue weighted by molar-refractivity contribution is 6.00. The Hall–Kier alpha value is -1.84. The van der Waals surface area contributed by atoms with Crippen molar-refractivity contribution in [3.05, 3.63) is 35.4 Å². The molecule has 112 valence electrons. The van der Waals surface area contributed by atoms with Gasteiger partial charge in [0, 0.05) is 25.2 Å². The maximum absolute atomic E-state index is 12.0. The monoisotopic (exact) mass is 297 g/mol. The molecule has 0 atom stereocenters. The number of alkyl halides is 3. The molecule has 6 heteroatoms. The first kappa shape index (κ1) is 15.5. The van der Waals surface area contributed by atoms with Crippen LogP contribution in [0.15, 0.2) is 24.3 Å². The number of ketones is 1. The first-order chi connectivity index (χ1) is 9.95. The summed E-state index contributed by atoms with van der Waals surface area (Å²) in [5.41, 5.74) is 1.43. The van der Waals surface area contributed by atoms with E-state index in [4.69, 9.17) is 4.74 Å². The third-order valence-corrected chi connectivity index (χ3v) is 3.04. The van der Waals surface area contributed by atoms with Gasteiger partial charge in [-0.3, -0.25) is 9.69 Å². The van der Waals surface area contributed by atoms with E-state index in [1.54, 1.807) is 30.2 Å². The van der Waals surface area contributed by atoms with E-state index in [1.807, 2.05) is 0 Å². The van der Waals surface area contributed by atoms with E-state index in [-0.39, 0.29) is 0 Å². The molecule has 0 unspecified atom stereocenters. The van der Waals surface area contributed by atoms with Crippen molar-refractivity contribution in [2.24, 2.45) is 0 Å². The van der Waals surface area contributed by atoms with Crippen molar-refractivity contribution in [1.82, 2.24) is 4.90 Å². The van der Waals surface area contributed by atoms with Crippen LogP contribution in [0.25, 0.3) is 0 Å². The molecule has 1 aliphatic heterocycles. The number of hydrogen-bond acceptors (Lipinski definition) is 3. The van der Waals surface area contributed by atoms with Crippen LogP contribution in [0.1, 0.15) is 11.1 Å². The van der Waals surface area contributed by atoms with Gasteiger partial charge < -0.3 is 4.74 Å². The summed E-state index contributed by atoms with van der Waals surface area (Å²) in [5.74, 6) is 1.80. The lowest BCUT2D eigenvalue weighted by Crippen LogP contribution is -2.35. The van der Waals surface area contributed by atoms with Crippen LogP contribution in [-0.2, 0) is 16.1 Å². The number of ether oxygens (including phenoxy) is 1. The Kier molecular flexibility index (Phi) is 4.99. The van der Waals surface area contributed by atoms with Crippen molar-refractivity contribution in [2.75, 3.05) is 26.3 Å². The van der Waals surface area contributed by atoms with Crippen molar-refractivity contribution in [3.63, 3.8) is 0 Å². The summed E-state index contributed by atoms with van der Waals surface area (Å²) >= 11 is 0. The van der Waals surface area contributed by atoms with Gasteiger partial charge >= 0.3 is 12.0 Å². The maximum atomic E-state index is 12.0. The highest BCUT2D eigenvalue weighted by Crippen LogP contribution is 2.15. The number of Topliss-reactive ketones (excluding diaryl/α,β-unsaturated/α-hetero) is 1. The molecule has 0 bridgehead atoms. The van der Waals surface area contributed by atoms with Crippen molar-refractivity contribution in [3.8, 4) is 11.8 Å². The summed E-state index contributed by atoms with van der Waals surface area (Å²) in [4.78, 5) is 12.9. The standard InChI is InChI=1S/C15H14F3NO2/c16-15(17,18)14(20)6-5-12-1-3-13(4-2-12)11-19-7-9-21-10-8-19/h1-4H,7-11H2. The van der Waals surface area contributed by atoms with Gasteiger partial charge in [0.15, 0.2) is 0 Å². The molecule has 0 radical (unpaired) electrons. The molecular formula is C15H14F3NO2. The van der Waals surface area contributed by atoms with Crippen molar-refractivity contribution < 1.29 is 22.7 Å². The Morgan fingerprint density at radius 2 is 1.81 bits per heavy atom. The highest BCUT2D eigenvalue weighted by Gasteiger charge is 2.37. The van der Waals surface area contributed by atoms with Gasteiger partial charge in [-0.1, -0.05) is 18.1 Å². The molecule has 0 amide bonds. The number of rotatable bonds is 2. The fourth-order valence-electron chi connectivity index (χ4n) is 1.91. The van der Waals surface area contributed by atoms with Crippen LogP contribution < -0.4 is 0 Å². The van der Waals surface area contributed by atoms with Gasteiger partial charge in [0.25, 0.3) is 0 Å². The van der Waals surface area contributed by atoms with Crippen LogP contribution in [0, 0.1) is 11.8 Å². The van der Waals surface area contributed by atoms with Crippen molar-refractivity contribution >= 4 is 5.78 Å². The lowest BCUT2D eigenvalue weighted by molar-refractivity contribution is -0.164. The molecule has 0 aromatic heterocycles. The van der Waals surface area contributed by atoms with Crippen LogP contribution in [0.4, 0.5) is 13.2 Å². The molecule has 0 spiro atoms. The minimum atomic E-state index is -4.90. The minimum Gasteiger partial charge on any atom is -0.379 e. The first-order valence-corrected chi connectivity index (χ1v) is 6.47. The summed E-state index contributed by atoms with van der Waals surface area (Å²) in [6.07, 6.45) is -4.90. The highest BCUT2D eigenvalue weighted by atomic mass is 19.4. The van der Waals surface area contributed by atoms with E-state index in [0.29, 0.717) is 18.8 Å². The third-order valence-electron chi connectivity index (χ3n) is 3.04. The topological polar surface area (TPSA) is 29.5 Å². The van der Waals surface area contributed by atoms with Gasteiger partial charge in [0.1, 0.15) is 0 Å². The molecular weight excluding hydrogens is 283 g/mol. The van der Waals surface area contributed by atoms with E-state index < -0.39 is 12.0 Å². The van der Waals surface area contributed by atoms with Gasteiger partial charge in [0.2, 0.25) is 0 Å². The predicted octanol–water partition coefficient (Wildman–Crippen LogP) is 2.00. The molecule has 2 rings (SSSR count). The Morgan fingerprint density at radius 1 is 1.19 bits per heavy atom. The summed E-state index contributed by atoms with van der Waals surface area (Å²) in [7, 11) is 0. The lowest BCUT2D eigenvalue weighted by atomic mass is 10.1. The number of carbonyl (C=O) groups is 1. The Labute approximate surface area is 120 Å². The van der Waals surface area contributed by atoms with Crippen molar-refractivity contribution in [1.29, 1.82) is 0 Å². The third kappa shape index (κ3) is 4.88. The summed E-state index contributed by atoms with van der Waals surface area (Å²) < 4.78 is 41.3. The minimum absolute atomic E-state index is 0.387. The number of halogens is 3. The lowest BCUT2D eigenvalue weighted by Gasteiger charge is -2.26. The second-order valence-electron chi connectivity index (χ2n) is 4.66. The van der Waals surface area contributed by atoms with Gasteiger partial charge in [-0.15, -0.1) is 0 Å². The van der Waals surface area contributed by atoms with Gasteiger partial charge in [-0.05, 0) is 23.6 Å². The van der Waals surface area contributed by atoms with E-state index in [9.17, 15) is 18.0 Å². The first-order valence-electron chi connectivity index (χ1n) is 6.47. The van der Waals surface area contributed by atoms with E-state index in [1.165, 1.54) is 0 Å². The molecule has 0 N–H and O–H groups in total. The fourth-order valence-corrected chi connectivity index (χ4v) is 1.91. The average molecular weight is 297 g/mol. The average Bonchev–Trinajstić information content (AvgIpc) is 2.46. The largest absolute Gasteiger partial charge is 0.462 e. The molecule has 0 aliphatic carbocycles. The summed E-state index contributed by atoms with van der Waals surface area (Å²) in [5, 5.41) is 0. The quantitative estimate of drug-likeness (QED) is 0.782. The molecule has 1 saturated heterocycles. The molecule has 0 saturated carbocycles. The van der Waals surface area contributed by atoms with Crippen LogP contribution in [0.2, 0.25) is 0 Å². The summed E-state index contributed by atoms with van der Waals surface area (Å²) in [6, 6.07) is 6.84. The molecule has 1 aliphatic rings. The molecule has 1 aromatic carbocycles. The van der Waals surface area contributed by atoms with Crippen LogP contribution in [0.3, 0.4) is 0 Å². The number of nitrogens with zero attached hydrogens (tertiary/aromatic N) is 1. The number of hydrogen-bond donors (Lipinski definition) is 0. The maximum Gasteiger partial charge on any atom is 0.462 e. The van der Waals surface area contributed by atoms with Gasteiger partial charge in [-0.2, -0.15) is 13.2 Å². The van der Waals surface area contributed by atoms with Crippen molar-refractivity contribution in [2.45, 2.75) is 12.7 Å². The Balaban J connectivity index is 1.96. The molecule has 3 nitrogen and oxygen atoms in total. The number of benzene rings is 1. The zero-order chi connectivity index (χ0) is 15.3. The smallest absolute Gasteiger partial charge is 0.379 e. The predicted molar refractivity (Wildman–Crippen MR) is 70.5 cm³/mol. The van der Waals surface area contributed by atoms with Crippen LogP contribution in [0.5, 0.6) is 0 Å². The zero-order valence-corrected chi connectivity index (χ0v) is 11.2. The number of carbonyl (C=O) groups excluding carboxylic acids is 1. The van der Waals surface area contributed by atoms with Gasteiger partial charge in [-0.25, -0.2) is 0 Å². The zero-order valence-electron chi connectivity index (χ0n) is 11.2.